The fraction of sp³-hybridized carbons (Fsp3) is 0.625. The summed E-state index contributed by atoms with van der Waals surface area (Å²) in [6, 6.07) is 0. The van der Waals surface area contributed by atoms with Crippen LogP contribution in [0.5, 0.6) is 0 Å². The molecule has 0 aliphatic heterocycles. The molecule has 0 aromatic rings. The van der Waals surface area contributed by atoms with Gasteiger partial charge in [-0.3, -0.25) is 0 Å². The molecule has 0 amide bonds. The molecule has 0 spiro atoms. The third-order valence-corrected chi connectivity index (χ3v) is 2.89. The molecule has 1 nitrogen and oxygen atoms in total. The van der Waals surface area contributed by atoms with Crippen molar-refractivity contribution in [3.63, 3.8) is 0 Å². The van der Waals surface area contributed by atoms with Gasteiger partial charge in [0.15, 0.2) is 0 Å². The molecule has 0 aromatic heterocycles. The van der Waals surface area contributed by atoms with Crippen LogP contribution in [0, 0.1) is 5.92 Å². The van der Waals surface area contributed by atoms with Crippen LogP contribution in [0.1, 0.15) is 46.0 Å². The van der Waals surface area contributed by atoms with Crippen LogP contribution in [0.2, 0.25) is 0 Å². The fourth-order valence-corrected chi connectivity index (χ4v) is 1.70. The van der Waals surface area contributed by atoms with Crippen molar-refractivity contribution in [2.45, 2.75) is 46.0 Å². The first kappa shape index (κ1) is 16.2. The lowest BCUT2D eigenvalue weighted by Crippen LogP contribution is -1.96. The minimum absolute atomic E-state index is 0.602. The summed E-state index contributed by atoms with van der Waals surface area (Å²) in [5, 5.41) is 0. The predicted molar refractivity (Wildman–Crippen MR) is 77.2 cm³/mol. The van der Waals surface area contributed by atoms with Crippen molar-refractivity contribution in [1.82, 2.24) is 0 Å². The average Bonchev–Trinajstić information content (AvgIpc) is 2.28. The Bertz CT molecular complexity index is 250. The Balaban J connectivity index is 3.97. The van der Waals surface area contributed by atoms with Gasteiger partial charge in [0.2, 0.25) is 0 Å². The molecule has 98 valence electrons. The highest BCUT2D eigenvalue weighted by Gasteiger charge is 1.99. The third kappa shape index (κ3) is 10.1. The largest absolute Gasteiger partial charge is 0.380 e. The van der Waals surface area contributed by atoms with E-state index < -0.39 is 0 Å². The van der Waals surface area contributed by atoms with E-state index in [-0.39, 0.29) is 0 Å². The van der Waals surface area contributed by atoms with Gasteiger partial charge in [-0.1, -0.05) is 24.6 Å². The standard InChI is InChI=1S/C16H28O/c1-6-15(4)10-8-12-16(13-17-5)11-7-9-14(2)3/h6,12,15H,1-2,7-11,13H2,3-5H3/b16-12+. The van der Waals surface area contributed by atoms with E-state index in [0.29, 0.717) is 5.92 Å². The van der Waals surface area contributed by atoms with E-state index in [1.807, 2.05) is 6.08 Å². The lowest BCUT2D eigenvalue weighted by molar-refractivity contribution is 0.222. The van der Waals surface area contributed by atoms with Gasteiger partial charge in [-0.15, -0.1) is 13.2 Å². The molecule has 0 fully saturated rings. The van der Waals surface area contributed by atoms with Crippen molar-refractivity contribution < 1.29 is 4.74 Å². The van der Waals surface area contributed by atoms with Gasteiger partial charge in [0.1, 0.15) is 0 Å². The van der Waals surface area contributed by atoms with Gasteiger partial charge in [0.25, 0.3) is 0 Å². The first-order valence-electron chi connectivity index (χ1n) is 6.54. The Kier molecular flexibility index (Phi) is 9.84. The predicted octanol–water partition coefficient (Wildman–Crippen LogP) is 4.91. The van der Waals surface area contributed by atoms with Crippen LogP contribution in [-0.2, 0) is 4.74 Å². The van der Waals surface area contributed by atoms with Gasteiger partial charge in [-0.05, 0) is 50.5 Å². The van der Waals surface area contributed by atoms with Gasteiger partial charge in [0.05, 0.1) is 6.61 Å². The van der Waals surface area contributed by atoms with Crippen molar-refractivity contribution >= 4 is 0 Å². The second-order valence-corrected chi connectivity index (χ2v) is 4.90. The first-order chi connectivity index (χ1) is 8.10. The zero-order valence-electron chi connectivity index (χ0n) is 11.8. The van der Waals surface area contributed by atoms with Gasteiger partial charge >= 0.3 is 0 Å². The van der Waals surface area contributed by atoms with E-state index >= 15 is 0 Å². The average molecular weight is 236 g/mol. The molecule has 0 heterocycles. The normalized spacial score (nSPS) is 13.5. The maximum atomic E-state index is 5.23. The van der Waals surface area contributed by atoms with Crippen molar-refractivity contribution in [3.05, 3.63) is 36.5 Å². The molecule has 1 unspecified atom stereocenters. The van der Waals surface area contributed by atoms with Crippen molar-refractivity contribution in [2.24, 2.45) is 5.92 Å². The zero-order chi connectivity index (χ0) is 13.1. The van der Waals surface area contributed by atoms with Crippen molar-refractivity contribution in [1.29, 1.82) is 0 Å². The van der Waals surface area contributed by atoms with Crippen LogP contribution in [0.15, 0.2) is 36.5 Å². The topological polar surface area (TPSA) is 9.23 Å². The van der Waals surface area contributed by atoms with E-state index in [4.69, 9.17) is 4.74 Å². The molecule has 0 aromatic carbocycles. The van der Waals surface area contributed by atoms with E-state index in [9.17, 15) is 0 Å². The summed E-state index contributed by atoms with van der Waals surface area (Å²) < 4.78 is 5.23. The molecule has 17 heavy (non-hydrogen) atoms. The fourth-order valence-electron chi connectivity index (χ4n) is 1.70. The van der Waals surface area contributed by atoms with Crippen LogP contribution in [-0.4, -0.2) is 13.7 Å². The highest BCUT2D eigenvalue weighted by atomic mass is 16.5. The lowest BCUT2D eigenvalue weighted by atomic mass is 10.0. The molecule has 0 saturated carbocycles. The van der Waals surface area contributed by atoms with Crippen LogP contribution in [0.4, 0.5) is 0 Å². The molecule has 0 bridgehead atoms. The Morgan fingerprint density at radius 1 is 1.35 bits per heavy atom. The minimum Gasteiger partial charge on any atom is -0.380 e. The monoisotopic (exact) mass is 236 g/mol. The number of rotatable bonds is 10. The smallest absolute Gasteiger partial charge is 0.0672 e. The second kappa shape index (κ2) is 10.3. The minimum atomic E-state index is 0.602. The van der Waals surface area contributed by atoms with Crippen molar-refractivity contribution in [2.75, 3.05) is 13.7 Å². The highest BCUT2D eigenvalue weighted by molar-refractivity contribution is 5.03. The first-order valence-corrected chi connectivity index (χ1v) is 6.54. The molecule has 0 radical (unpaired) electrons. The second-order valence-electron chi connectivity index (χ2n) is 4.90. The SMILES string of the molecule is C=CC(C)CC/C=C(\CCCC(=C)C)COC. The number of hydrogen-bond acceptors (Lipinski definition) is 1. The lowest BCUT2D eigenvalue weighted by Gasteiger charge is -2.08. The summed E-state index contributed by atoms with van der Waals surface area (Å²) in [4.78, 5) is 0. The summed E-state index contributed by atoms with van der Waals surface area (Å²) in [6.45, 7) is 12.8. The Morgan fingerprint density at radius 2 is 2.06 bits per heavy atom. The summed E-state index contributed by atoms with van der Waals surface area (Å²) in [5.74, 6) is 0.602. The van der Waals surface area contributed by atoms with Gasteiger partial charge < -0.3 is 4.74 Å². The third-order valence-electron chi connectivity index (χ3n) is 2.89. The molecular formula is C16H28O. The molecule has 0 aliphatic rings. The maximum Gasteiger partial charge on any atom is 0.0672 e. The Morgan fingerprint density at radius 3 is 2.59 bits per heavy atom. The Labute approximate surface area is 107 Å². The molecule has 0 aliphatic carbocycles. The van der Waals surface area contributed by atoms with E-state index in [0.717, 1.165) is 25.9 Å². The van der Waals surface area contributed by atoms with Crippen molar-refractivity contribution in [3.8, 4) is 0 Å². The van der Waals surface area contributed by atoms with Crippen LogP contribution in [0.3, 0.4) is 0 Å². The summed E-state index contributed by atoms with van der Waals surface area (Å²) in [7, 11) is 1.76. The van der Waals surface area contributed by atoms with E-state index in [1.165, 1.54) is 24.0 Å². The Hall–Kier alpha value is -0.820. The number of hydrogen-bond donors (Lipinski definition) is 0. The molecule has 1 heteroatoms. The van der Waals surface area contributed by atoms with Gasteiger partial charge in [-0.2, -0.15) is 0 Å². The van der Waals surface area contributed by atoms with E-state index in [2.05, 4.69) is 33.1 Å². The van der Waals surface area contributed by atoms with Gasteiger partial charge in [0, 0.05) is 7.11 Å². The van der Waals surface area contributed by atoms with Crippen LogP contribution in [0.25, 0.3) is 0 Å². The van der Waals surface area contributed by atoms with Gasteiger partial charge in [-0.25, -0.2) is 0 Å². The number of ether oxygens (including phenoxy) is 1. The maximum absolute atomic E-state index is 5.23. The molecule has 1 atom stereocenters. The molecule has 0 N–H and O–H groups in total. The van der Waals surface area contributed by atoms with Crippen LogP contribution >= 0.6 is 0 Å². The molecular weight excluding hydrogens is 208 g/mol. The summed E-state index contributed by atoms with van der Waals surface area (Å²) in [5.41, 5.74) is 2.69. The van der Waals surface area contributed by atoms with E-state index in [1.54, 1.807) is 7.11 Å². The zero-order valence-corrected chi connectivity index (χ0v) is 11.8. The molecule has 0 saturated heterocycles. The number of allylic oxidation sites excluding steroid dienone is 3. The highest BCUT2D eigenvalue weighted by Crippen LogP contribution is 2.14. The van der Waals surface area contributed by atoms with Crippen LogP contribution < -0.4 is 0 Å². The summed E-state index contributed by atoms with van der Waals surface area (Å²) >= 11 is 0. The quantitative estimate of drug-likeness (QED) is 0.490. The molecule has 0 rings (SSSR count). The summed E-state index contributed by atoms with van der Waals surface area (Å²) in [6.07, 6.45) is 10.1. The number of methoxy groups -OCH3 is 1.